The summed E-state index contributed by atoms with van der Waals surface area (Å²) in [5, 5.41) is 0. The molecule has 33 heavy (non-hydrogen) atoms. The van der Waals surface area contributed by atoms with Crippen LogP contribution in [-0.4, -0.2) is 12.8 Å². The second-order valence-corrected chi connectivity index (χ2v) is 10.1. The molecular weight excluding hydrogens is 527 g/mol. The van der Waals surface area contributed by atoms with Crippen LogP contribution in [0.3, 0.4) is 0 Å². The summed E-state index contributed by atoms with van der Waals surface area (Å²) in [6.45, 7) is 5.94. The number of aryl methyl sites for hydroxylation is 2. The third kappa shape index (κ3) is 6.76. The van der Waals surface area contributed by atoms with Crippen molar-refractivity contribution in [2.24, 2.45) is 0 Å². The molecule has 4 aromatic carbocycles. The van der Waals surface area contributed by atoms with E-state index in [1.54, 1.807) is 6.07 Å². The molecule has 4 nitrogen and oxygen atoms in total. The van der Waals surface area contributed by atoms with Crippen molar-refractivity contribution in [1.29, 1.82) is 0 Å². The van der Waals surface area contributed by atoms with Gasteiger partial charge in [0.15, 0.2) is 7.14 Å². The third-order valence-electron chi connectivity index (χ3n) is 4.74. The second-order valence-electron chi connectivity index (χ2n) is 7.07. The zero-order valence-corrected chi connectivity index (χ0v) is 20.6. The van der Waals surface area contributed by atoms with Crippen LogP contribution in [0.5, 0.6) is 17.2 Å². The summed E-state index contributed by atoms with van der Waals surface area (Å²) in [6, 6.07) is 31.5. The number of ether oxygens (including phenoxy) is 2. The fourth-order valence-corrected chi connectivity index (χ4v) is 5.18. The largest absolute Gasteiger partial charge is 0.457 e. The normalized spacial score (nSPS) is 10.0. The summed E-state index contributed by atoms with van der Waals surface area (Å²) in [7, 11) is 0. The van der Waals surface area contributed by atoms with Gasteiger partial charge in [-0.1, -0.05) is 36.4 Å². The van der Waals surface area contributed by atoms with Gasteiger partial charge >= 0.3 is 27.2 Å². The minimum atomic E-state index is -0.331. The Balaban J connectivity index is 0.00000149. The lowest BCUT2D eigenvalue weighted by molar-refractivity contribution is -0.597. The first-order valence-electron chi connectivity index (χ1n) is 10.2. The van der Waals surface area contributed by atoms with Gasteiger partial charge in [0.2, 0.25) is 0 Å². The molecule has 0 unspecified atom stereocenters. The van der Waals surface area contributed by atoms with Crippen LogP contribution in [-0.2, 0) is 4.79 Å². The van der Waals surface area contributed by atoms with Crippen LogP contribution < -0.4 is 30.7 Å². The molecule has 0 atom stereocenters. The Hall–Kier alpha value is -3.45. The molecule has 0 heterocycles. The fraction of sp³-hybridized carbons (Fsp3) is 0.0714. The first kappa shape index (κ1) is 24.2. The Morgan fingerprint density at radius 2 is 1.18 bits per heavy atom. The quantitative estimate of drug-likeness (QED) is 0.210. The van der Waals surface area contributed by atoms with Crippen LogP contribution in [0.1, 0.15) is 21.5 Å². The predicted molar refractivity (Wildman–Crippen MR) is 125 cm³/mol. The van der Waals surface area contributed by atoms with Crippen LogP contribution in [0.25, 0.3) is 0 Å². The summed E-state index contributed by atoms with van der Waals surface area (Å²) < 4.78 is 14.0. The van der Waals surface area contributed by atoms with E-state index in [4.69, 9.17) is 14.3 Å². The average molecular weight is 551 g/mol. The Morgan fingerprint density at radius 3 is 1.76 bits per heavy atom. The molecular formula is C28H24IO4+. The molecule has 0 aliphatic carbocycles. The first-order valence-corrected chi connectivity index (χ1v) is 12.4. The highest BCUT2D eigenvalue weighted by Crippen LogP contribution is 2.23. The molecule has 5 heteroatoms. The number of rotatable bonds is 6. The maximum Gasteiger partial charge on any atom is 0.357 e. The second kappa shape index (κ2) is 12.0. The Morgan fingerprint density at radius 1 is 0.667 bits per heavy atom. The van der Waals surface area contributed by atoms with Gasteiger partial charge in [-0.05, 0) is 85.6 Å². The van der Waals surface area contributed by atoms with E-state index < -0.39 is 0 Å². The van der Waals surface area contributed by atoms with Crippen molar-refractivity contribution in [2.75, 3.05) is 0 Å². The first-order chi connectivity index (χ1) is 16.1. The van der Waals surface area contributed by atoms with Gasteiger partial charge in [0.1, 0.15) is 24.0 Å². The third-order valence-corrected chi connectivity index (χ3v) is 7.43. The number of carbonyl (C=O) groups excluding carboxylic acids is 2. The molecule has 0 fully saturated rings. The van der Waals surface area contributed by atoms with Gasteiger partial charge in [0.25, 0.3) is 0 Å². The number of benzene rings is 4. The van der Waals surface area contributed by atoms with E-state index in [1.165, 1.54) is 7.14 Å². The number of para-hydroxylation sites is 1. The van der Waals surface area contributed by atoms with E-state index in [-0.39, 0.29) is 27.2 Å². The minimum Gasteiger partial charge on any atom is -0.457 e. The van der Waals surface area contributed by atoms with Gasteiger partial charge in [0.05, 0.1) is 5.56 Å². The van der Waals surface area contributed by atoms with Crippen molar-refractivity contribution in [3.05, 3.63) is 121 Å². The van der Waals surface area contributed by atoms with Crippen molar-refractivity contribution >= 4 is 12.8 Å². The van der Waals surface area contributed by atoms with E-state index in [0.29, 0.717) is 11.3 Å². The smallest absolute Gasteiger partial charge is 0.357 e. The average Bonchev–Trinajstić information content (AvgIpc) is 2.84. The lowest BCUT2D eigenvalue weighted by Gasteiger charge is -2.07. The van der Waals surface area contributed by atoms with Crippen molar-refractivity contribution in [2.45, 2.75) is 13.8 Å². The van der Waals surface area contributed by atoms with Crippen molar-refractivity contribution < 1.29 is 40.3 Å². The van der Waals surface area contributed by atoms with E-state index in [9.17, 15) is 4.79 Å². The van der Waals surface area contributed by atoms with Crippen molar-refractivity contribution in [3.63, 3.8) is 0 Å². The molecule has 0 spiro atoms. The fourth-order valence-electron chi connectivity index (χ4n) is 3.02. The van der Waals surface area contributed by atoms with Crippen molar-refractivity contribution in [3.8, 4) is 17.2 Å². The standard InChI is InChI=1S/C27H22IO3.CH2O/c1-19-7-3-5-9-25(19)27(29)31-24-17-13-22(14-18-24)28-21-11-15-23(16-12-21)30-26-10-6-4-8-20(26)2;1-2/h3-18H,1-2H3;1H2/q+1;. The highest BCUT2D eigenvalue weighted by molar-refractivity contribution is 5.92. The molecule has 0 bridgehead atoms. The number of halogens is 1. The van der Waals surface area contributed by atoms with Gasteiger partial charge in [-0.15, -0.1) is 0 Å². The minimum absolute atomic E-state index is 0.329. The van der Waals surface area contributed by atoms with Crippen molar-refractivity contribution in [1.82, 2.24) is 0 Å². The summed E-state index contributed by atoms with van der Waals surface area (Å²) in [5.74, 6) is 1.94. The Bertz CT molecular complexity index is 1200. The van der Waals surface area contributed by atoms with Gasteiger partial charge in [-0.3, -0.25) is 0 Å². The summed E-state index contributed by atoms with van der Waals surface area (Å²) in [4.78, 5) is 20.4. The molecule has 0 aliphatic heterocycles. The number of hydrogen-bond acceptors (Lipinski definition) is 4. The maximum absolute atomic E-state index is 12.4. The number of hydrogen-bond donors (Lipinski definition) is 0. The Kier molecular flexibility index (Phi) is 8.78. The topological polar surface area (TPSA) is 52.6 Å². The number of esters is 1. The van der Waals surface area contributed by atoms with E-state index in [0.717, 1.165) is 22.6 Å². The summed E-state index contributed by atoms with van der Waals surface area (Å²) in [6.07, 6.45) is 0. The van der Waals surface area contributed by atoms with Gasteiger partial charge in [0, 0.05) is 0 Å². The van der Waals surface area contributed by atoms with Crippen LogP contribution in [0.4, 0.5) is 0 Å². The molecule has 0 radical (unpaired) electrons. The zero-order chi connectivity index (χ0) is 23.6. The molecule has 0 amide bonds. The molecule has 0 aromatic heterocycles. The highest BCUT2D eigenvalue weighted by Gasteiger charge is 2.17. The van der Waals surface area contributed by atoms with Crippen LogP contribution in [0.15, 0.2) is 97.1 Å². The monoisotopic (exact) mass is 551 g/mol. The van der Waals surface area contributed by atoms with Crippen LogP contribution >= 0.6 is 0 Å². The molecule has 0 N–H and O–H groups in total. The van der Waals surface area contributed by atoms with E-state index in [1.807, 2.05) is 99.5 Å². The predicted octanol–water partition coefficient (Wildman–Crippen LogP) is 3.26. The highest BCUT2D eigenvalue weighted by atomic mass is 127. The van der Waals surface area contributed by atoms with Crippen LogP contribution in [0, 0.1) is 21.0 Å². The van der Waals surface area contributed by atoms with E-state index in [2.05, 4.69) is 12.1 Å². The van der Waals surface area contributed by atoms with Crippen LogP contribution in [0.2, 0.25) is 0 Å². The molecule has 4 aromatic rings. The summed E-state index contributed by atoms with van der Waals surface area (Å²) >= 11 is -0.331. The maximum atomic E-state index is 12.4. The van der Waals surface area contributed by atoms with Gasteiger partial charge < -0.3 is 14.3 Å². The molecule has 0 saturated heterocycles. The van der Waals surface area contributed by atoms with Gasteiger partial charge in [-0.2, -0.15) is 0 Å². The molecule has 4 rings (SSSR count). The number of carbonyl (C=O) groups is 2. The zero-order valence-electron chi connectivity index (χ0n) is 18.5. The Labute approximate surface area is 204 Å². The lowest BCUT2D eigenvalue weighted by Crippen LogP contribution is -3.61. The van der Waals surface area contributed by atoms with Gasteiger partial charge in [-0.25, -0.2) is 4.79 Å². The molecule has 166 valence electrons. The molecule has 0 saturated carbocycles. The SMILES string of the molecule is C=O.Cc1ccccc1Oc1ccc([I+]c2ccc(OC(=O)c3ccccc3C)cc2)cc1. The molecule has 0 aliphatic rings. The lowest BCUT2D eigenvalue weighted by atomic mass is 10.1. The van der Waals surface area contributed by atoms with E-state index >= 15 is 0 Å². The summed E-state index contributed by atoms with van der Waals surface area (Å²) in [5.41, 5.74) is 2.61.